The molecule has 0 aromatic rings. The molecule has 0 aliphatic carbocycles. The molecule has 180 valence electrons. The Morgan fingerprint density at radius 1 is 0.806 bits per heavy atom. The van der Waals surface area contributed by atoms with Crippen LogP contribution in [0.15, 0.2) is 0 Å². The highest BCUT2D eigenvalue weighted by atomic mass is 16.6. The zero-order chi connectivity index (χ0) is 24.0. The van der Waals surface area contributed by atoms with E-state index >= 15 is 0 Å². The number of nitrogens with one attached hydrogen (secondary N) is 2. The lowest BCUT2D eigenvalue weighted by Gasteiger charge is -2.28. The molecular weight excluding hydrogens is 406 g/mol. The van der Waals surface area contributed by atoms with E-state index < -0.39 is 18.3 Å². The van der Waals surface area contributed by atoms with Gasteiger partial charge in [-0.05, 0) is 12.8 Å². The number of rotatable bonds is 13. The van der Waals surface area contributed by atoms with E-state index in [0.29, 0.717) is 49.8 Å². The van der Waals surface area contributed by atoms with E-state index in [2.05, 4.69) is 10.6 Å². The van der Waals surface area contributed by atoms with Crippen LogP contribution in [0.5, 0.6) is 0 Å². The van der Waals surface area contributed by atoms with Gasteiger partial charge in [-0.15, -0.1) is 0 Å². The molecule has 0 bridgehead atoms. The molecule has 0 aliphatic heterocycles. The van der Waals surface area contributed by atoms with Gasteiger partial charge >= 0.3 is 12.2 Å². The van der Waals surface area contributed by atoms with Crippen molar-refractivity contribution in [2.75, 3.05) is 75.6 Å². The van der Waals surface area contributed by atoms with Crippen molar-refractivity contribution >= 4 is 24.0 Å². The molecule has 0 rings (SSSR count). The highest BCUT2D eigenvalue weighted by molar-refractivity contribution is 5.76. The molecule has 1 unspecified atom stereocenters. The van der Waals surface area contributed by atoms with Crippen LogP contribution in [-0.2, 0) is 19.1 Å². The molecule has 0 aliphatic rings. The van der Waals surface area contributed by atoms with Crippen LogP contribution in [0.3, 0.4) is 0 Å². The van der Waals surface area contributed by atoms with Gasteiger partial charge in [0, 0.05) is 54.1 Å². The standard InChI is InChI=1S/C20H39N5O6/c1-23(2)17(26)10-8-12-21-19(28)30-15-16(14-25(5,6)7)31-20(29)22-13-9-11-18(27)24(3)4/h16H,8-15H2,1-7H3,(H-,21,22,28,29)/p+1. The Balaban J connectivity index is 4.34. The first kappa shape index (κ1) is 28.4. The second-order valence-corrected chi connectivity index (χ2v) is 8.74. The molecule has 1 atom stereocenters. The minimum absolute atomic E-state index is 0.0105. The largest absolute Gasteiger partial charge is 0.445 e. The zero-order valence-corrected chi connectivity index (χ0v) is 20.0. The number of likely N-dealkylation sites (N-methyl/N-ethyl adjacent to an activating group) is 1. The quantitative estimate of drug-likeness (QED) is 0.309. The summed E-state index contributed by atoms with van der Waals surface area (Å²) in [6.45, 7) is 0.968. The molecule has 0 heterocycles. The lowest BCUT2D eigenvalue weighted by atomic mass is 10.3. The predicted octanol–water partition coefficient (Wildman–Crippen LogP) is 0.250. The molecule has 0 fully saturated rings. The van der Waals surface area contributed by atoms with Gasteiger partial charge in [0.25, 0.3) is 0 Å². The summed E-state index contributed by atoms with van der Waals surface area (Å²) in [5.74, 6) is -0.0211. The first-order valence-electron chi connectivity index (χ1n) is 10.4. The third-order valence-corrected chi connectivity index (χ3v) is 4.10. The normalized spacial score (nSPS) is 11.8. The van der Waals surface area contributed by atoms with Crippen LogP contribution < -0.4 is 10.6 Å². The Bertz CT molecular complexity index is 589. The van der Waals surface area contributed by atoms with E-state index in [4.69, 9.17) is 9.47 Å². The second-order valence-electron chi connectivity index (χ2n) is 8.74. The smallest absolute Gasteiger partial charge is 0.407 e. The Morgan fingerprint density at radius 2 is 1.26 bits per heavy atom. The van der Waals surface area contributed by atoms with Crippen LogP contribution in [-0.4, -0.2) is 120 Å². The van der Waals surface area contributed by atoms with Gasteiger partial charge in [0.05, 0.1) is 21.1 Å². The first-order valence-corrected chi connectivity index (χ1v) is 10.4. The fourth-order valence-corrected chi connectivity index (χ4v) is 2.45. The van der Waals surface area contributed by atoms with E-state index in [1.54, 1.807) is 28.2 Å². The molecule has 2 N–H and O–H groups in total. The minimum Gasteiger partial charge on any atom is -0.445 e. The number of carbonyl (C=O) groups excluding carboxylic acids is 4. The fourth-order valence-electron chi connectivity index (χ4n) is 2.45. The number of nitrogens with zero attached hydrogens (tertiary/aromatic N) is 3. The Hall–Kier alpha value is -2.56. The number of amides is 4. The highest BCUT2D eigenvalue weighted by Crippen LogP contribution is 2.03. The third-order valence-electron chi connectivity index (χ3n) is 4.10. The van der Waals surface area contributed by atoms with Crippen LogP contribution in [0.4, 0.5) is 9.59 Å². The van der Waals surface area contributed by atoms with E-state index in [1.165, 1.54) is 9.80 Å². The van der Waals surface area contributed by atoms with Crippen molar-refractivity contribution in [3.63, 3.8) is 0 Å². The molecule has 0 spiro atoms. The Labute approximate surface area is 185 Å². The molecule has 0 aromatic carbocycles. The number of hydrogen-bond acceptors (Lipinski definition) is 6. The van der Waals surface area contributed by atoms with Crippen molar-refractivity contribution in [2.24, 2.45) is 0 Å². The maximum Gasteiger partial charge on any atom is 0.407 e. The summed E-state index contributed by atoms with van der Waals surface area (Å²) in [5.41, 5.74) is 0. The highest BCUT2D eigenvalue weighted by Gasteiger charge is 2.24. The molecule has 31 heavy (non-hydrogen) atoms. The van der Waals surface area contributed by atoms with E-state index in [1.807, 2.05) is 21.1 Å². The second kappa shape index (κ2) is 14.4. The van der Waals surface area contributed by atoms with Crippen molar-refractivity contribution in [3.05, 3.63) is 0 Å². The third kappa shape index (κ3) is 15.9. The Kier molecular flexibility index (Phi) is 13.3. The van der Waals surface area contributed by atoms with E-state index in [-0.39, 0.29) is 18.4 Å². The van der Waals surface area contributed by atoms with Gasteiger partial charge in [-0.1, -0.05) is 0 Å². The summed E-state index contributed by atoms with van der Waals surface area (Å²) in [7, 11) is 12.5. The fraction of sp³-hybridized carbons (Fsp3) is 0.800. The van der Waals surface area contributed by atoms with Gasteiger partial charge in [-0.2, -0.15) is 0 Å². The van der Waals surface area contributed by atoms with E-state index in [9.17, 15) is 19.2 Å². The van der Waals surface area contributed by atoms with Crippen molar-refractivity contribution in [2.45, 2.75) is 31.8 Å². The van der Waals surface area contributed by atoms with Crippen LogP contribution in [0.25, 0.3) is 0 Å². The predicted molar refractivity (Wildman–Crippen MR) is 116 cm³/mol. The summed E-state index contributed by atoms with van der Waals surface area (Å²) in [6.07, 6.45) is -0.216. The number of hydrogen-bond donors (Lipinski definition) is 2. The van der Waals surface area contributed by atoms with Crippen LogP contribution in [0.2, 0.25) is 0 Å². The molecule has 0 saturated carbocycles. The van der Waals surface area contributed by atoms with E-state index in [0.717, 1.165) is 0 Å². The topological polar surface area (TPSA) is 117 Å². The molecule has 11 nitrogen and oxygen atoms in total. The van der Waals surface area contributed by atoms with Crippen molar-refractivity contribution < 1.29 is 33.1 Å². The van der Waals surface area contributed by atoms with Crippen molar-refractivity contribution in [3.8, 4) is 0 Å². The number of ether oxygens (including phenoxy) is 2. The molecular formula is C20H40N5O6+. The van der Waals surface area contributed by atoms with Crippen molar-refractivity contribution in [1.82, 2.24) is 20.4 Å². The van der Waals surface area contributed by atoms with Gasteiger partial charge in [-0.3, -0.25) is 9.59 Å². The average molecular weight is 447 g/mol. The summed E-state index contributed by atoms with van der Waals surface area (Å²) in [4.78, 5) is 50.0. The maximum atomic E-state index is 12.1. The number of carbonyl (C=O) groups is 4. The minimum atomic E-state index is -0.635. The maximum absolute atomic E-state index is 12.1. The molecule has 0 aromatic heterocycles. The molecule has 0 radical (unpaired) electrons. The first-order chi connectivity index (χ1) is 14.3. The summed E-state index contributed by atoms with van der Waals surface area (Å²) in [5, 5.41) is 5.19. The SMILES string of the molecule is CN(C)C(=O)CCCNC(=O)OCC(C[N+](C)(C)C)OC(=O)NCCCC(=O)N(C)C. The lowest BCUT2D eigenvalue weighted by molar-refractivity contribution is -0.873. The van der Waals surface area contributed by atoms with Crippen LogP contribution in [0.1, 0.15) is 25.7 Å². The lowest BCUT2D eigenvalue weighted by Crippen LogP contribution is -2.46. The van der Waals surface area contributed by atoms with Gasteiger partial charge in [-0.25, -0.2) is 9.59 Å². The summed E-state index contributed by atoms with van der Waals surface area (Å²) >= 11 is 0. The average Bonchev–Trinajstić information content (AvgIpc) is 2.64. The van der Waals surface area contributed by atoms with Crippen LogP contribution >= 0.6 is 0 Å². The molecule has 4 amide bonds. The number of alkyl carbamates (subject to hydrolysis) is 2. The van der Waals surface area contributed by atoms with Gasteiger partial charge in [0.1, 0.15) is 13.2 Å². The zero-order valence-electron chi connectivity index (χ0n) is 20.0. The Morgan fingerprint density at radius 3 is 1.68 bits per heavy atom. The monoisotopic (exact) mass is 446 g/mol. The van der Waals surface area contributed by atoms with Crippen LogP contribution in [0, 0.1) is 0 Å². The van der Waals surface area contributed by atoms with Gasteiger partial charge in [0.2, 0.25) is 11.8 Å². The number of quaternary nitrogens is 1. The summed E-state index contributed by atoms with van der Waals surface area (Å²) in [6, 6.07) is 0. The molecule has 0 saturated heterocycles. The van der Waals surface area contributed by atoms with Gasteiger partial charge < -0.3 is 34.4 Å². The molecule has 11 heteroatoms. The van der Waals surface area contributed by atoms with Gasteiger partial charge in [0.15, 0.2) is 6.10 Å². The summed E-state index contributed by atoms with van der Waals surface area (Å²) < 4.78 is 11.1. The van der Waals surface area contributed by atoms with Crippen molar-refractivity contribution in [1.29, 1.82) is 0 Å².